The van der Waals surface area contributed by atoms with Crippen LogP contribution in [0.2, 0.25) is 0 Å². The number of ether oxygens (including phenoxy) is 3. The molecule has 0 bridgehead atoms. The van der Waals surface area contributed by atoms with Gasteiger partial charge in [0, 0.05) is 30.1 Å². The number of carbonyl (C=O) groups is 1. The molecule has 0 spiro atoms. The van der Waals surface area contributed by atoms with Crippen molar-refractivity contribution in [3.63, 3.8) is 0 Å². The maximum Gasteiger partial charge on any atom is 0.203 e. The number of fused-ring (bicyclic) bond motifs is 2. The topological polar surface area (TPSA) is 60.0 Å². The number of allylic oxidation sites excluding steroid dienone is 2. The van der Waals surface area contributed by atoms with Gasteiger partial charge in [-0.1, -0.05) is 6.08 Å². The number of Topliss-reactive ketones (excluding diaryl/α,β-unsaturated/α-hetero) is 1. The van der Waals surface area contributed by atoms with Gasteiger partial charge in [-0.2, -0.15) is 0 Å². The molecule has 0 saturated carbocycles. The first-order chi connectivity index (χ1) is 15.2. The van der Waals surface area contributed by atoms with E-state index in [1.807, 2.05) is 11.8 Å². The van der Waals surface area contributed by atoms with Crippen molar-refractivity contribution in [2.24, 2.45) is 5.92 Å². The summed E-state index contributed by atoms with van der Waals surface area (Å²) in [5, 5.41) is 5.73. The molecule has 1 saturated heterocycles. The van der Waals surface area contributed by atoms with Gasteiger partial charge in [0.25, 0.3) is 0 Å². The first kappa shape index (κ1) is 20.5. The summed E-state index contributed by atoms with van der Waals surface area (Å²) >= 11 is 1.85. The van der Waals surface area contributed by atoms with E-state index >= 15 is 0 Å². The van der Waals surface area contributed by atoms with Crippen molar-refractivity contribution < 1.29 is 19.0 Å². The Morgan fingerprint density at radius 2 is 1.90 bits per heavy atom. The quantitative estimate of drug-likeness (QED) is 0.700. The third kappa shape index (κ3) is 3.26. The smallest absolute Gasteiger partial charge is 0.203 e. The van der Waals surface area contributed by atoms with E-state index in [-0.39, 0.29) is 17.7 Å². The molecule has 5 rings (SSSR count). The molecule has 4 aliphatic rings. The number of hydrogen-bond acceptors (Lipinski definition) is 7. The second-order valence-corrected chi connectivity index (χ2v) is 9.23. The Morgan fingerprint density at radius 1 is 1.13 bits per heavy atom. The lowest BCUT2D eigenvalue weighted by atomic mass is 9.82. The van der Waals surface area contributed by atoms with E-state index in [2.05, 4.69) is 21.7 Å². The van der Waals surface area contributed by atoms with Crippen LogP contribution in [0.25, 0.3) is 0 Å². The van der Waals surface area contributed by atoms with E-state index < -0.39 is 0 Å². The molecule has 164 valence electrons. The molecule has 6 nitrogen and oxygen atoms in total. The molecule has 1 aromatic rings. The Labute approximate surface area is 187 Å². The van der Waals surface area contributed by atoms with Gasteiger partial charge in [0.15, 0.2) is 17.3 Å². The van der Waals surface area contributed by atoms with Crippen LogP contribution < -0.4 is 19.5 Å². The Bertz CT molecular complexity index is 988. The highest BCUT2D eigenvalue weighted by molar-refractivity contribution is 8.05. The number of thioether (sulfide) groups is 1. The van der Waals surface area contributed by atoms with E-state index in [0.29, 0.717) is 29.4 Å². The van der Waals surface area contributed by atoms with Gasteiger partial charge in [-0.05, 0) is 47.9 Å². The summed E-state index contributed by atoms with van der Waals surface area (Å²) in [5.74, 6) is 1.45. The number of nitrogens with zero attached hydrogens (tertiary/aromatic N) is 1. The van der Waals surface area contributed by atoms with E-state index in [0.717, 1.165) is 25.9 Å². The molecule has 7 heteroatoms. The van der Waals surface area contributed by atoms with Gasteiger partial charge >= 0.3 is 0 Å². The number of nitrogens with one attached hydrogen (secondary N) is 1. The molecule has 2 atom stereocenters. The minimum atomic E-state index is -0.171. The van der Waals surface area contributed by atoms with Gasteiger partial charge in [-0.15, -0.1) is 11.8 Å². The van der Waals surface area contributed by atoms with Gasteiger partial charge in [-0.3, -0.25) is 4.79 Å². The first-order valence-electron chi connectivity index (χ1n) is 10.8. The summed E-state index contributed by atoms with van der Waals surface area (Å²) in [4.78, 5) is 17.8. The molecule has 3 heterocycles. The van der Waals surface area contributed by atoms with Crippen molar-refractivity contribution in [2.45, 2.75) is 25.3 Å². The second-order valence-electron chi connectivity index (χ2n) is 8.23. The third-order valence-corrected chi connectivity index (χ3v) is 7.71. The predicted octanol–water partition coefficient (Wildman–Crippen LogP) is 3.75. The van der Waals surface area contributed by atoms with E-state index in [4.69, 9.17) is 14.2 Å². The lowest BCUT2D eigenvalue weighted by Crippen LogP contribution is -2.51. The Balaban J connectivity index is 1.56. The highest BCUT2D eigenvalue weighted by atomic mass is 32.2. The van der Waals surface area contributed by atoms with Crippen LogP contribution >= 0.6 is 11.8 Å². The number of methoxy groups -OCH3 is 3. The summed E-state index contributed by atoms with van der Waals surface area (Å²) in [6.45, 7) is 2.37. The number of hydrogen-bond donors (Lipinski definition) is 1. The van der Waals surface area contributed by atoms with Crippen molar-refractivity contribution in [3.8, 4) is 17.2 Å². The lowest BCUT2D eigenvalue weighted by Gasteiger charge is -2.38. The maximum absolute atomic E-state index is 13.9. The van der Waals surface area contributed by atoms with Gasteiger partial charge in [-0.25, -0.2) is 0 Å². The molecule has 0 amide bonds. The second kappa shape index (κ2) is 8.28. The number of benzene rings is 1. The van der Waals surface area contributed by atoms with Gasteiger partial charge in [0.05, 0.1) is 39.0 Å². The molecular formula is C24H28N2O4S. The highest BCUT2D eigenvalue weighted by Crippen LogP contribution is 2.49. The van der Waals surface area contributed by atoms with Crippen LogP contribution in [0.1, 0.15) is 29.6 Å². The minimum Gasteiger partial charge on any atom is -0.493 e. The lowest BCUT2D eigenvalue weighted by molar-refractivity contribution is 0.0845. The molecule has 1 aliphatic carbocycles. The van der Waals surface area contributed by atoms with Crippen LogP contribution in [0, 0.1) is 5.92 Å². The van der Waals surface area contributed by atoms with Crippen molar-refractivity contribution >= 4 is 17.5 Å². The monoisotopic (exact) mass is 440 g/mol. The van der Waals surface area contributed by atoms with Crippen LogP contribution in [-0.2, 0) is 0 Å². The highest BCUT2D eigenvalue weighted by Gasteiger charge is 2.46. The maximum atomic E-state index is 13.9. The van der Waals surface area contributed by atoms with Crippen molar-refractivity contribution in [1.29, 1.82) is 0 Å². The Kier molecular flexibility index (Phi) is 5.48. The van der Waals surface area contributed by atoms with Crippen LogP contribution in [0.3, 0.4) is 0 Å². The number of rotatable bonds is 5. The Hall–Kier alpha value is -2.38. The first-order valence-corrected chi connectivity index (χ1v) is 11.6. The van der Waals surface area contributed by atoms with E-state index in [1.165, 1.54) is 28.2 Å². The van der Waals surface area contributed by atoms with Crippen LogP contribution in [-0.4, -0.2) is 57.7 Å². The van der Waals surface area contributed by atoms with Crippen molar-refractivity contribution in [3.05, 3.63) is 50.9 Å². The zero-order valence-corrected chi connectivity index (χ0v) is 19.0. The summed E-state index contributed by atoms with van der Waals surface area (Å²) in [6.07, 6.45) is 5.65. The van der Waals surface area contributed by atoms with Crippen molar-refractivity contribution in [1.82, 2.24) is 10.2 Å². The predicted molar refractivity (Wildman–Crippen MR) is 122 cm³/mol. The van der Waals surface area contributed by atoms with Crippen molar-refractivity contribution in [2.75, 3.05) is 41.0 Å². The molecular weight excluding hydrogens is 412 g/mol. The zero-order valence-electron chi connectivity index (χ0n) is 18.2. The fourth-order valence-electron chi connectivity index (χ4n) is 5.41. The van der Waals surface area contributed by atoms with Gasteiger partial charge in [0.2, 0.25) is 5.75 Å². The SMILES string of the molecule is COc1cc(C(=O)C2CNCC3=C4CCCC5=C4N(CC=CS5)C32)cc(OC)c1OC. The molecule has 0 aromatic heterocycles. The van der Waals surface area contributed by atoms with E-state index in [1.54, 1.807) is 33.5 Å². The number of carbonyl (C=O) groups excluding carboxylic acids is 1. The summed E-state index contributed by atoms with van der Waals surface area (Å²) in [5.41, 5.74) is 4.86. The average molecular weight is 441 g/mol. The fraction of sp³-hybridized carbons (Fsp3) is 0.458. The molecule has 1 N–H and O–H groups in total. The fourth-order valence-corrected chi connectivity index (χ4v) is 6.37. The molecule has 1 aromatic carbocycles. The average Bonchev–Trinajstić information content (AvgIpc) is 2.98. The number of piperidine rings is 1. The molecule has 1 fully saturated rings. The van der Waals surface area contributed by atoms with Gasteiger partial charge in [0.1, 0.15) is 0 Å². The molecule has 31 heavy (non-hydrogen) atoms. The Morgan fingerprint density at radius 3 is 2.61 bits per heavy atom. The van der Waals surface area contributed by atoms with Crippen LogP contribution in [0.5, 0.6) is 17.2 Å². The normalized spacial score (nSPS) is 24.5. The third-order valence-electron chi connectivity index (χ3n) is 6.70. The molecule has 0 radical (unpaired) electrons. The molecule has 2 unspecified atom stereocenters. The largest absolute Gasteiger partial charge is 0.493 e. The summed E-state index contributed by atoms with van der Waals surface area (Å²) in [6, 6.07) is 3.65. The van der Waals surface area contributed by atoms with Crippen LogP contribution in [0.15, 0.2) is 45.4 Å². The minimum absolute atomic E-state index is 0.106. The number of ketones is 1. The van der Waals surface area contributed by atoms with Crippen LogP contribution in [0.4, 0.5) is 0 Å². The molecule has 3 aliphatic heterocycles. The summed E-state index contributed by atoms with van der Waals surface area (Å²) < 4.78 is 16.4. The van der Waals surface area contributed by atoms with E-state index in [9.17, 15) is 4.79 Å². The zero-order chi connectivity index (χ0) is 21.5. The standard InChI is InChI=1S/C24H28N2O4S/c1-28-18-10-14(11-19(29-2)24(18)30-3)23(27)17-13-25-12-16-15-6-4-7-20-22(15)26(21(16)17)8-5-9-31-20/h5,9-11,17,21,25H,4,6-8,12-13H2,1-3H3. The van der Waals surface area contributed by atoms with Gasteiger partial charge < -0.3 is 24.4 Å². The summed E-state index contributed by atoms with van der Waals surface area (Å²) in [7, 11) is 4.72.